The van der Waals surface area contributed by atoms with Crippen LogP contribution in [0.1, 0.15) is 23.6 Å². The van der Waals surface area contributed by atoms with Crippen LogP contribution in [0.25, 0.3) is 10.8 Å². The minimum absolute atomic E-state index is 0.133. The zero-order valence-corrected chi connectivity index (χ0v) is 17.2. The molecule has 0 heterocycles. The van der Waals surface area contributed by atoms with E-state index in [4.69, 9.17) is 0 Å². The van der Waals surface area contributed by atoms with E-state index >= 15 is 0 Å². The van der Waals surface area contributed by atoms with Crippen molar-refractivity contribution in [2.24, 2.45) is 0 Å². The lowest BCUT2D eigenvalue weighted by atomic mass is 10.0. The first-order valence-corrected chi connectivity index (χ1v) is 10.6. The number of rotatable bonds is 5. The summed E-state index contributed by atoms with van der Waals surface area (Å²) in [4.78, 5) is 12.7. The quantitative estimate of drug-likeness (QED) is 0.683. The highest BCUT2D eigenvalue weighted by atomic mass is 32.2. The zero-order valence-electron chi connectivity index (χ0n) is 16.4. The van der Waals surface area contributed by atoms with Crippen LogP contribution < -0.4 is 10.0 Å². The summed E-state index contributed by atoms with van der Waals surface area (Å²) < 4.78 is 27.9. The molecule has 5 nitrogen and oxygen atoms in total. The van der Waals surface area contributed by atoms with Gasteiger partial charge in [-0.3, -0.25) is 4.79 Å². The molecule has 3 rings (SSSR count). The Hall–Kier alpha value is -2.70. The number of benzene rings is 3. The molecule has 0 aliphatic rings. The molecule has 2 N–H and O–H groups in total. The van der Waals surface area contributed by atoms with E-state index in [0.717, 1.165) is 27.5 Å². The van der Waals surface area contributed by atoms with Crippen molar-refractivity contribution in [1.29, 1.82) is 0 Å². The van der Waals surface area contributed by atoms with Gasteiger partial charge in [0, 0.05) is 5.69 Å². The number of sulfonamides is 1. The van der Waals surface area contributed by atoms with Crippen molar-refractivity contribution in [2.45, 2.75) is 38.6 Å². The number of carbonyl (C=O) groups excluding carboxylic acids is 1. The van der Waals surface area contributed by atoms with Crippen LogP contribution in [-0.4, -0.2) is 20.4 Å². The van der Waals surface area contributed by atoms with Gasteiger partial charge in [0.1, 0.15) is 0 Å². The van der Waals surface area contributed by atoms with Gasteiger partial charge in [-0.2, -0.15) is 4.72 Å². The fourth-order valence-electron chi connectivity index (χ4n) is 3.30. The van der Waals surface area contributed by atoms with Gasteiger partial charge >= 0.3 is 0 Å². The van der Waals surface area contributed by atoms with Gasteiger partial charge in [0.2, 0.25) is 15.9 Å². The SMILES string of the molecule is Cc1cc(C)c(NC(=O)C(C)NS(=O)(=O)c2ccc3ccccc3c2)c(C)c1. The van der Waals surface area contributed by atoms with Gasteiger partial charge in [0.15, 0.2) is 0 Å². The van der Waals surface area contributed by atoms with E-state index in [1.54, 1.807) is 18.2 Å². The first-order valence-electron chi connectivity index (χ1n) is 9.07. The van der Waals surface area contributed by atoms with Gasteiger partial charge in [-0.25, -0.2) is 8.42 Å². The van der Waals surface area contributed by atoms with Gasteiger partial charge in [-0.05, 0) is 61.7 Å². The number of carbonyl (C=O) groups is 1. The van der Waals surface area contributed by atoms with Crippen molar-refractivity contribution in [3.63, 3.8) is 0 Å². The Morgan fingerprint density at radius 2 is 1.50 bits per heavy atom. The van der Waals surface area contributed by atoms with Gasteiger partial charge in [-0.15, -0.1) is 0 Å². The second kappa shape index (κ2) is 7.73. The molecule has 0 bridgehead atoms. The third-order valence-electron chi connectivity index (χ3n) is 4.68. The van der Waals surface area contributed by atoms with Crippen LogP contribution in [0.3, 0.4) is 0 Å². The van der Waals surface area contributed by atoms with Crippen molar-refractivity contribution in [2.75, 3.05) is 5.32 Å². The molecule has 1 amide bonds. The fraction of sp³-hybridized carbons (Fsp3) is 0.227. The van der Waals surface area contributed by atoms with Crippen LogP contribution in [0, 0.1) is 20.8 Å². The summed E-state index contributed by atoms with van der Waals surface area (Å²) in [5.74, 6) is -0.403. The summed E-state index contributed by atoms with van der Waals surface area (Å²) in [6, 6.07) is 15.5. The molecule has 1 atom stereocenters. The predicted octanol–water partition coefficient (Wildman–Crippen LogP) is 4.07. The number of hydrogen-bond donors (Lipinski definition) is 2. The second-order valence-corrected chi connectivity index (χ2v) is 8.83. The number of hydrogen-bond acceptors (Lipinski definition) is 3. The maximum Gasteiger partial charge on any atom is 0.242 e. The predicted molar refractivity (Wildman–Crippen MR) is 113 cm³/mol. The zero-order chi connectivity index (χ0) is 20.5. The highest BCUT2D eigenvalue weighted by Gasteiger charge is 2.23. The molecule has 0 aromatic heterocycles. The average molecular weight is 397 g/mol. The van der Waals surface area contributed by atoms with Crippen LogP contribution >= 0.6 is 0 Å². The van der Waals surface area contributed by atoms with E-state index in [9.17, 15) is 13.2 Å². The third kappa shape index (κ3) is 4.24. The lowest BCUT2D eigenvalue weighted by Gasteiger charge is -2.17. The molecule has 3 aromatic rings. The molecule has 0 aliphatic heterocycles. The van der Waals surface area contributed by atoms with E-state index < -0.39 is 22.0 Å². The molecule has 0 saturated heterocycles. The fourth-order valence-corrected chi connectivity index (χ4v) is 4.54. The maximum absolute atomic E-state index is 12.7. The molecule has 0 radical (unpaired) electrons. The normalized spacial score (nSPS) is 12.7. The number of anilines is 1. The van der Waals surface area contributed by atoms with Crippen LogP contribution in [0.2, 0.25) is 0 Å². The summed E-state index contributed by atoms with van der Waals surface area (Å²) in [6.07, 6.45) is 0. The second-order valence-electron chi connectivity index (χ2n) is 7.11. The molecule has 146 valence electrons. The van der Waals surface area contributed by atoms with E-state index in [-0.39, 0.29) is 4.90 Å². The topological polar surface area (TPSA) is 75.3 Å². The molecular weight excluding hydrogens is 372 g/mol. The Bertz CT molecular complexity index is 1130. The van der Waals surface area contributed by atoms with E-state index in [2.05, 4.69) is 10.0 Å². The summed E-state index contributed by atoms with van der Waals surface area (Å²) in [6.45, 7) is 7.36. The minimum atomic E-state index is -3.83. The van der Waals surface area contributed by atoms with E-state index in [0.29, 0.717) is 5.69 Å². The number of nitrogens with one attached hydrogen (secondary N) is 2. The monoisotopic (exact) mass is 396 g/mol. The molecule has 6 heteroatoms. The third-order valence-corrected chi connectivity index (χ3v) is 6.22. The highest BCUT2D eigenvalue weighted by Crippen LogP contribution is 2.23. The van der Waals surface area contributed by atoms with E-state index in [1.807, 2.05) is 57.2 Å². The Labute approximate surface area is 165 Å². The standard InChI is InChI=1S/C22H24N2O3S/c1-14-11-15(2)21(16(3)12-14)23-22(25)17(4)24-28(26,27)20-10-9-18-7-5-6-8-19(18)13-20/h5-13,17,24H,1-4H3,(H,23,25). The molecule has 0 fully saturated rings. The van der Waals surface area contributed by atoms with Crippen molar-refractivity contribution >= 4 is 32.4 Å². The van der Waals surface area contributed by atoms with Crippen LogP contribution in [0.5, 0.6) is 0 Å². The number of amides is 1. The smallest absolute Gasteiger partial charge is 0.242 e. The minimum Gasteiger partial charge on any atom is -0.324 e. The molecule has 28 heavy (non-hydrogen) atoms. The number of aryl methyl sites for hydroxylation is 3. The molecule has 1 unspecified atom stereocenters. The van der Waals surface area contributed by atoms with Crippen molar-refractivity contribution in [3.8, 4) is 0 Å². The first kappa shape index (κ1) is 20.0. The molecule has 0 saturated carbocycles. The molecule has 0 spiro atoms. The Balaban J connectivity index is 1.78. The van der Waals surface area contributed by atoms with Crippen molar-refractivity contribution < 1.29 is 13.2 Å². The summed E-state index contributed by atoms with van der Waals surface area (Å²) >= 11 is 0. The molecular formula is C22H24N2O3S. The van der Waals surface area contributed by atoms with Crippen molar-refractivity contribution in [1.82, 2.24) is 4.72 Å². The van der Waals surface area contributed by atoms with E-state index in [1.165, 1.54) is 6.92 Å². The van der Waals surface area contributed by atoms with Crippen LogP contribution in [-0.2, 0) is 14.8 Å². The average Bonchev–Trinajstić information content (AvgIpc) is 2.63. The van der Waals surface area contributed by atoms with Crippen LogP contribution in [0.15, 0.2) is 59.5 Å². The highest BCUT2D eigenvalue weighted by molar-refractivity contribution is 7.89. The van der Waals surface area contributed by atoms with Gasteiger partial charge in [-0.1, -0.05) is 48.0 Å². The summed E-state index contributed by atoms with van der Waals surface area (Å²) in [5.41, 5.74) is 3.70. The van der Waals surface area contributed by atoms with Crippen molar-refractivity contribution in [3.05, 3.63) is 71.3 Å². The van der Waals surface area contributed by atoms with Gasteiger partial charge < -0.3 is 5.32 Å². The number of fused-ring (bicyclic) bond motifs is 1. The summed E-state index contributed by atoms with van der Waals surface area (Å²) in [7, 11) is -3.83. The lowest BCUT2D eigenvalue weighted by Crippen LogP contribution is -2.41. The molecule has 3 aromatic carbocycles. The Morgan fingerprint density at radius 3 is 2.14 bits per heavy atom. The largest absolute Gasteiger partial charge is 0.324 e. The Morgan fingerprint density at radius 1 is 0.893 bits per heavy atom. The Kier molecular flexibility index (Phi) is 5.54. The van der Waals surface area contributed by atoms with Crippen LogP contribution in [0.4, 0.5) is 5.69 Å². The molecule has 0 aliphatic carbocycles. The lowest BCUT2D eigenvalue weighted by molar-refractivity contribution is -0.117. The maximum atomic E-state index is 12.7. The first-order chi connectivity index (χ1) is 13.2. The van der Waals surface area contributed by atoms with Gasteiger partial charge in [0.05, 0.1) is 10.9 Å². The van der Waals surface area contributed by atoms with Gasteiger partial charge in [0.25, 0.3) is 0 Å². The summed E-state index contributed by atoms with van der Waals surface area (Å²) in [5, 5.41) is 4.63.